The number of pyridine rings is 1. The molecular formula is C17H15F16NO3S. The maximum absolute atomic E-state index is 13.4. The number of alkyl halides is 16. The zero-order valence-electron chi connectivity index (χ0n) is 18.0. The Labute approximate surface area is 202 Å². The van der Waals surface area contributed by atoms with Crippen molar-refractivity contribution in [3.05, 3.63) is 30.6 Å². The lowest BCUT2D eigenvalue weighted by molar-refractivity contribution is -0.421. The fourth-order valence-electron chi connectivity index (χ4n) is 2.31. The molecule has 1 N–H and O–H groups in total. The van der Waals surface area contributed by atoms with Gasteiger partial charge in [-0.25, -0.2) is 17.8 Å². The molecule has 0 amide bonds. The van der Waals surface area contributed by atoms with Gasteiger partial charge in [-0.15, -0.1) is 0 Å². The first kappa shape index (κ1) is 35.9. The summed E-state index contributed by atoms with van der Waals surface area (Å²) in [5.41, 5.74) is 0. The molecule has 1 atom stereocenters. The molecule has 1 aromatic heterocycles. The number of unbranched alkanes of at least 4 members (excludes halogenated alkanes) is 1. The van der Waals surface area contributed by atoms with E-state index in [0.717, 1.165) is 0 Å². The van der Waals surface area contributed by atoms with Crippen LogP contribution in [-0.2, 0) is 10.1 Å². The van der Waals surface area contributed by atoms with E-state index in [1.54, 1.807) is 0 Å². The van der Waals surface area contributed by atoms with Gasteiger partial charge in [0.15, 0.2) is 28.7 Å². The molecule has 0 fully saturated rings. The molecule has 0 spiro atoms. The summed E-state index contributed by atoms with van der Waals surface area (Å²) in [5.74, 6) is -40.0. The summed E-state index contributed by atoms with van der Waals surface area (Å²) in [6.45, 7) is 0. The fourth-order valence-corrected chi connectivity index (χ4v) is 2.75. The summed E-state index contributed by atoms with van der Waals surface area (Å²) in [6, 6.07) is 5.86. The molecule has 1 heterocycles. The van der Waals surface area contributed by atoms with Crippen molar-refractivity contribution in [2.45, 2.75) is 72.9 Å². The van der Waals surface area contributed by atoms with Gasteiger partial charge in [0.1, 0.15) is 0 Å². The number of nitrogens with one attached hydrogen (secondary N) is 1. The van der Waals surface area contributed by atoms with E-state index in [4.69, 9.17) is 0 Å². The second kappa shape index (κ2) is 11.6. The van der Waals surface area contributed by atoms with Crippen LogP contribution in [0.4, 0.5) is 70.2 Å². The van der Waals surface area contributed by atoms with Crippen molar-refractivity contribution in [1.82, 2.24) is 0 Å². The molecule has 0 aromatic carbocycles. The first-order valence-corrected chi connectivity index (χ1v) is 10.9. The van der Waals surface area contributed by atoms with Crippen molar-refractivity contribution in [2.75, 3.05) is 0 Å². The molecule has 0 saturated heterocycles. The van der Waals surface area contributed by atoms with E-state index in [-0.39, 0.29) is 0 Å². The quantitative estimate of drug-likeness (QED) is 0.167. The molecule has 224 valence electrons. The molecule has 0 saturated carbocycles. The van der Waals surface area contributed by atoms with Crippen LogP contribution in [0.5, 0.6) is 0 Å². The highest BCUT2D eigenvalue weighted by atomic mass is 32.2. The molecule has 0 aliphatic heterocycles. The zero-order valence-corrected chi connectivity index (χ0v) is 18.8. The Morgan fingerprint density at radius 3 is 1.39 bits per heavy atom. The molecular weight excluding hydrogens is 602 g/mol. The van der Waals surface area contributed by atoms with Crippen molar-refractivity contribution in [3.8, 4) is 0 Å². The van der Waals surface area contributed by atoms with Crippen molar-refractivity contribution in [1.29, 1.82) is 0 Å². The predicted molar refractivity (Wildman–Crippen MR) is 91.8 cm³/mol. The van der Waals surface area contributed by atoms with E-state index in [2.05, 4.69) is 4.98 Å². The van der Waals surface area contributed by atoms with Gasteiger partial charge in [-0.1, -0.05) is 6.07 Å². The molecule has 38 heavy (non-hydrogen) atoms. The van der Waals surface area contributed by atoms with Crippen LogP contribution >= 0.6 is 0 Å². The summed E-state index contributed by atoms with van der Waals surface area (Å²) in [4.78, 5) is 2.89. The number of H-pyrrole nitrogens is 1. The van der Waals surface area contributed by atoms with Gasteiger partial charge < -0.3 is 4.55 Å². The largest absolute Gasteiger partial charge is 0.743 e. The fraction of sp³-hybridized carbons (Fsp3) is 0.706. The number of aromatic nitrogens is 1. The Balaban J connectivity index is 0.00000198. The third-order valence-electron chi connectivity index (χ3n) is 4.45. The van der Waals surface area contributed by atoms with E-state index in [0.29, 0.717) is 0 Å². The van der Waals surface area contributed by atoms with Gasteiger partial charge in [0.2, 0.25) is 0 Å². The summed E-state index contributed by atoms with van der Waals surface area (Å²) >= 11 is 0. The van der Waals surface area contributed by atoms with E-state index in [9.17, 15) is 83.2 Å². The lowest BCUT2D eigenvalue weighted by Crippen LogP contribution is -2.72. The smallest absolute Gasteiger partial charge is 0.402 e. The minimum atomic E-state index is -8.40. The molecule has 0 radical (unpaired) electrons. The van der Waals surface area contributed by atoms with Crippen LogP contribution in [0.1, 0.15) is 25.7 Å². The van der Waals surface area contributed by atoms with Gasteiger partial charge >= 0.3 is 41.0 Å². The lowest BCUT2D eigenvalue weighted by atomic mass is 9.90. The predicted octanol–water partition coefficient (Wildman–Crippen LogP) is 6.26. The van der Waals surface area contributed by atoms with Crippen LogP contribution in [-0.4, -0.2) is 60.2 Å². The van der Waals surface area contributed by atoms with Gasteiger partial charge in [0.25, 0.3) is 0 Å². The average molecular weight is 617 g/mol. The Morgan fingerprint density at radius 1 is 0.658 bits per heavy atom. The Morgan fingerprint density at radius 2 is 1.08 bits per heavy atom. The van der Waals surface area contributed by atoms with Crippen molar-refractivity contribution >= 4 is 10.1 Å². The molecule has 4 nitrogen and oxygen atoms in total. The highest BCUT2D eigenvalue weighted by Crippen LogP contribution is 2.61. The summed E-state index contributed by atoms with van der Waals surface area (Å²) in [7, 11) is -7.97. The van der Waals surface area contributed by atoms with Gasteiger partial charge in [-0.3, -0.25) is 0 Å². The Hall–Kier alpha value is -2.06. The second-order valence-electron chi connectivity index (χ2n) is 7.30. The first-order chi connectivity index (χ1) is 16.6. The van der Waals surface area contributed by atoms with Crippen molar-refractivity contribution < 1.29 is 88.2 Å². The molecule has 0 aliphatic rings. The van der Waals surface area contributed by atoms with Crippen LogP contribution in [0.3, 0.4) is 0 Å². The van der Waals surface area contributed by atoms with Crippen LogP contribution in [0.25, 0.3) is 0 Å². The van der Waals surface area contributed by atoms with Crippen LogP contribution in [0, 0.1) is 0 Å². The lowest BCUT2D eigenvalue weighted by Gasteiger charge is -2.42. The molecule has 0 aliphatic carbocycles. The Kier molecular flexibility index (Phi) is 11.0. The van der Waals surface area contributed by atoms with Gasteiger partial charge in [0.05, 0.1) is 0 Å². The number of hydrogen-bond acceptors (Lipinski definition) is 3. The first-order valence-electron chi connectivity index (χ1n) is 9.47. The highest BCUT2D eigenvalue weighted by molar-refractivity contribution is 7.86. The number of rotatable bonds is 11. The maximum Gasteiger partial charge on any atom is 0.402 e. The summed E-state index contributed by atoms with van der Waals surface area (Å²) in [5, 5.41) is -7.73. The van der Waals surface area contributed by atoms with Gasteiger partial charge in [-0.05, 0) is 19.3 Å². The molecule has 0 bridgehead atoms. The second-order valence-corrected chi connectivity index (χ2v) is 8.72. The number of aromatic amines is 1. The minimum Gasteiger partial charge on any atom is -0.743 e. The molecule has 21 heteroatoms. The normalized spacial score (nSPS) is 15.5. The van der Waals surface area contributed by atoms with E-state index >= 15 is 0 Å². The molecule has 1 rings (SSSR count). The van der Waals surface area contributed by atoms with E-state index in [1.807, 2.05) is 30.6 Å². The van der Waals surface area contributed by atoms with Crippen LogP contribution < -0.4 is 4.98 Å². The third kappa shape index (κ3) is 7.12. The zero-order chi connectivity index (χ0) is 30.6. The van der Waals surface area contributed by atoms with E-state index in [1.165, 1.54) is 0 Å². The molecule has 1 aromatic rings. The van der Waals surface area contributed by atoms with Gasteiger partial charge in [-0.2, -0.15) is 65.9 Å². The van der Waals surface area contributed by atoms with Crippen LogP contribution in [0.2, 0.25) is 0 Å². The number of hydrogen-bond donors (Lipinski definition) is 0. The summed E-state index contributed by atoms with van der Waals surface area (Å²) < 4.78 is 238. The number of halogens is 16. The highest BCUT2D eigenvalue weighted by Gasteiger charge is 2.91. The van der Waals surface area contributed by atoms with Crippen LogP contribution in [0.15, 0.2) is 30.6 Å². The molecule has 1 unspecified atom stereocenters. The average Bonchev–Trinajstić information content (AvgIpc) is 2.76. The topological polar surface area (TPSA) is 71.3 Å². The van der Waals surface area contributed by atoms with Gasteiger partial charge in [0, 0.05) is 18.6 Å². The standard InChI is InChI=1S/C12H10F16O3S.C5H5N/c13-5(3-1-2-4-6(14,15)16)7(17,18)8(19,20)9(21,22)10(23,24)11(25,26)12(27,28)32(29,30)31;1-2-4-6-5-3-1/h5H,1-4H2,(H,29,30,31);1-5H. The maximum atomic E-state index is 13.4. The summed E-state index contributed by atoms with van der Waals surface area (Å²) in [6.07, 6.45) is -12.4. The Bertz CT molecular complexity index is 956. The SMILES string of the molecule is O=S(=O)([O-])C(F)(F)C(F)(F)C(F)(F)C(F)(F)C(F)(F)C(F)(F)C(F)CCCCC(F)(F)F.c1cc[nH+]cc1. The monoisotopic (exact) mass is 617 g/mol. The van der Waals surface area contributed by atoms with E-state index < -0.39 is 83.0 Å². The van der Waals surface area contributed by atoms with Crippen molar-refractivity contribution in [3.63, 3.8) is 0 Å². The van der Waals surface area contributed by atoms with Crippen molar-refractivity contribution in [2.24, 2.45) is 0 Å². The minimum absolute atomic E-state index is 1.25. The third-order valence-corrected chi connectivity index (χ3v) is 5.33.